The first-order valence-corrected chi connectivity index (χ1v) is 8.00. The number of benzene rings is 2. The number of hydrogen-bond acceptors (Lipinski definition) is 6. The van der Waals surface area contributed by atoms with Crippen molar-refractivity contribution in [2.24, 2.45) is 0 Å². The van der Waals surface area contributed by atoms with Crippen LogP contribution in [0.3, 0.4) is 0 Å². The van der Waals surface area contributed by atoms with Crippen LogP contribution in [-0.2, 0) is 0 Å². The zero-order valence-corrected chi connectivity index (χ0v) is 15.1. The van der Waals surface area contributed by atoms with Gasteiger partial charge in [0.15, 0.2) is 17.3 Å². The summed E-state index contributed by atoms with van der Waals surface area (Å²) in [7, 11) is 4.57. The van der Waals surface area contributed by atoms with E-state index in [0.29, 0.717) is 34.3 Å². The van der Waals surface area contributed by atoms with Crippen LogP contribution in [0.25, 0.3) is 6.08 Å². The second-order valence-electron chi connectivity index (χ2n) is 5.62. The summed E-state index contributed by atoms with van der Waals surface area (Å²) in [5.74, 6) is 2.54. The minimum atomic E-state index is -0.234. The van der Waals surface area contributed by atoms with Gasteiger partial charge in [-0.25, -0.2) is 0 Å². The van der Waals surface area contributed by atoms with Crippen LogP contribution in [-0.4, -0.2) is 33.9 Å². The molecule has 2 aromatic rings. The monoisotopic (exact) mass is 356 g/mol. The Morgan fingerprint density at radius 3 is 2.42 bits per heavy atom. The summed E-state index contributed by atoms with van der Waals surface area (Å²) < 4.78 is 26.8. The lowest BCUT2D eigenvalue weighted by Gasteiger charge is -2.16. The highest BCUT2D eigenvalue weighted by Gasteiger charge is 2.22. The first-order chi connectivity index (χ1) is 12.6. The number of ketones is 1. The van der Waals surface area contributed by atoms with E-state index in [1.54, 1.807) is 19.3 Å². The van der Waals surface area contributed by atoms with Gasteiger partial charge in [-0.1, -0.05) is 12.1 Å². The molecule has 26 heavy (non-hydrogen) atoms. The maximum absolute atomic E-state index is 12.8. The second kappa shape index (κ2) is 7.39. The van der Waals surface area contributed by atoms with Gasteiger partial charge >= 0.3 is 0 Å². The van der Waals surface area contributed by atoms with Crippen LogP contribution in [0.1, 0.15) is 21.5 Å². The summed E-state index contributed by atoms with van der Waals surface area (Å²) in [5, 5.41) is 0. The van der Waals surface area contributed by atoms with E-state index in [0.717, 1.165) is 11.1 Å². The molecule has 1 aliphatic heterocycles. The van der Waals surface area contributed by atoms with Crippen LogP contribution < -0.4 is 23.7 Å². The van der Waals surface area contributed by atoms with Crippen molar-refractivity contribution in [3.05, 3.63) is 47.0 Å². The fourth-order valence-electron chi connectivity index (χ4n) is 2.84. The Labute approximate surface area is 151 Å². The Hall–Kier alpha value is -3.15. The number of ether oxygens (including phenoxy) is 5. The highest BCUT2D eigenvalue weighted by molar-refractivity contribution is 6.11. The molecule has 0 N–H and O–H groups in total. The van der Waals surface area contributed by atoms with Crippen molar-refractivity contribution in [1.82, 2.24) is 0 Å². The third kappa shape index (κ3) is 3.18. The molecule has 0 unspecified atom stereocenters. The van der Waals surface area contributed by atoms with Crippen molar-refractivity contribution in [1.29, 1.82) is 0 Å². The van der Waals surface area contributed by atoms with E-state index in [9.17, 15) is 4.79 Å². The molecular formula is C20H20O6. The van der Waals surface area contributed by atoms with Gasteiger partial charge in [0.05, 0.1) is 21.3 Å². The molecule has 0 aliphatic carbocycles. The lowest BCUT2D eigenvalue weighted by atomic mass is 10.0. The number of allylic oxidation sites excluding steroid dienone is 1. The van der Waals surface area contributed by atoms with Gasteiger partial charge in [0.25, 0.3) is 0 Å². The summed E-state index contributed by atoms with van der Waals surface area (Å²) >= 11 is 0. The fourth-order valence-corrected chi connectivity index (χ4v) is 2.84. The minimum absolute atomic E-state index is 0.209. The van der Waals surface area contributed by atoms with Gasteiger partial charge in [-0.05, 0) is 30.7 Å². The molecule has 0 fully saturated rings. The summed E-state index contributed by atoms with van der Waals surface area (Å²) in [5.41, 5.74) is 1.91. The maximum atomic E-state index is 12.8. The second-order valence-corrected chi connectivity index (χ2v) is 5.62. The minimum Gasteiger partial charge on any atom is -0.496 e. The van der Waals surface area contributed by atoms with Crippen LogP contribution in [0.5, 0.6) is 28.7 Å². The molecular weight excluding hydrogens is 336 g/mol. The van der Waals surface area contributed by atoms with E-state index in [4.69, 9.17) is 23.7 Å². The average Bonchev–Trinajstić information content (AvgIpc) is 3.13. The van der Waals surface area contributed by atoms with Gasteiger partial charge < -0.3 is 23.7 Å². The molecule has 2 aromatic carbocycles. The molecule has 0 saturated heterocycles. The molecule has 0 aromatic heterocycles. The number of rotatable bonds is 6. The summed E-state index contributed by atoms with van der Waals surface area (Å²) in [6.45, 7) is 2.04. The van der Waals surface area contributed by atoms with Crippen LogP contribution in [0.4, 0.5) is 0 Å². The number of methoxy groups -OCH3 is 3. The molecule has 0 spiro atoms. The van der Waals surface area contributed by atoms with Crippen molar-refractivity contribution in [2.75, 3.05) is 28.1 Å². The Balaban J connectivity index is 1.95. The van der Waals surface area contributed by atoms with Gasteiger partial charge in [-0.3, -0.25) is 4.79 Å². The summed E-state index contributed by atoms with van der Waals surface area (Å²) in [6, 6.07) is 7.16. The highest BCUT2D eigenvalue weighted by Crippen LogP contribution is 2.39. The largest absolute Gasteiger partial charge is 0.496 e. The number of fused-ring (bicyclic) bond motifs is 1. The van der Waals surface area contributed by atoms with Crippen molar-refractivity contribution < 1.29 is 28.5 Å². The van der Waals surface area contributed by atoms with Gasteiger partial charge in [0, 0.05) is 11.6 Å². The van der Waals surface area contributed by atoms with Crippen LogP contribution >= 0.6 is 0 Å². The van der Waals surface area contributed by atoms with Crippen molar-refractivity contribution >= 4 is 11.9 Å². The molecule has 0 bridgehead atoms. The molecule has 0 amide bonds. The molecule has 3 rings (SSSR count). The van der Waals surface area contributed by atoms with E-state index in [2.05, 4.69) is 0 Å². The van der Waals surface area contributed by atoms with Crippen LogP contribution in [0.2, 0.25) is 0 Å². The predicted octanol–water partition coefficient (Wildman–Crippen LogP) is 3.65. The van der Waals surface area contributed by atoms with Crippen molar-refractivity contribution in [3.8, 4) is 28.7 Å². The maximum Gasteiger partial charge on any atom is 0.231 e. The molecule has 1 heterocycles. The lowest BCUT2D eigenvalue weighted by molar-refractivity contribution is 0.104. The van der Waals surface area contributed by atoms with Gasteiger partial charge in [0.1, 0.15) is 22.8 Å². The van der Waals surface area contributed by atoms with Crippen molar-refractivity contribution in [2.45, 2.75) is 6.92 Å². The number of hydrogen-bond donors (Lipinski definition) is 0. The lowest BCUT2D eigenvalue weighted by Crippen LogP contribution is -2.05. The molecule has 0 atom stereocenters. The van der Waals surface area contributed by atoms with E-state index in [-0.39, 0.29) is 12.6 Å². The number of carbonyl (C=O) groups is 1. The van der Waals surface area contributed by atoms with E-state index in [1.807, 2.05) is 25.1 Å². The highest BCUT2D eigenvalue weighted by atomic mass is 16.7. The van der Waals surface area contributed by atoms with E-state index >= 15 is 0 Å². The van der Waals surface area contributed by atoms with Crippen molar-refractivity contribution in [3.63, 3.8) is 0 Å². The smallest absolute Gasteiger partial charge is 0.231 e. The normalized spacial score (nSPS) is 12.3. The Kier molecular flexibility index (Phi) is 5.02. The number of carbonyl (C=O) groups excluding carboxylic acids is 1. The first kappa shape index (κ1) is 17.7. The quantitative estimate of drug-likeness (QED) is 0.582. The topological polar surface area (TPSA) is 63.2 Å². The molecule has 1 aliphatic rings. The van der Waals surface area contributed by atoms with Gasteiger partial charge in [-0.15, -0.1) is 0 Å². The standard InChI is InChI=1S/C20H20O6/c1-12-16(22-2)10-18(23-3)19(20(12)24-4)14(21)7-5-13-6-8-15-17(9-13)26-11-25-15/h5-10H,11H2,1-4H3. The zero-order chi connectivity index (χ0) is 18.7. The van der Waals surface area contributed by atoms with Gasteiger partial charge in [0.2, 0.25) is 6.79 Å². The van der Waals surface area contributed by atoms with E-state index in [1.165, 1.54) is 20.3 Å². The SMILES string of the molecule is COc1cc(OC)c(C(=O)C=Cc2ccc3c(c2)OCO3)c(OC)c1C. The van der Waals surface area contributed by atoms with Gasteiger partial charge in [-0.2, -0.15) is 0 Å². The Morgan fingerprint density at radius 2 is 1.73 bits per heavy atom. The Bertz CT molecular complexity index is 869. The third-order valence-electron chi connectivity index (χ3n) is 4.16. The predicted molar refractivity (Wildman–Crippen MR) is 96.8 cm³/mol. The Morgan fingerprint density at radius 1 is 1.00 bits per heavy atom. The van der Waals surface area contributed by atoms with Crippen LogP contribution in [0.15, 0.2) is 30.3 Å². The average molecular weight is 356 g/mol. The molecule has 6 heteroatoms. The summed E-state index contributed by atoms with van der Waals surface area (Å²) in [4.78, 5) is 12.8. The van der Waals surface area contributed by atoms with E-state index < -0.39 is 0 Å². The fraction of sp³-hybridized carbons (Fsp3) is 0.250. The first-order valence-electron chi connectivity index (χ1n) is 8.00. The molecule has 136 valence electrons. The third-order valence-corrected chi connectivity index (χ3v) is 4.16. The summed E-state index contributed by atoms with van der Waals surface area (Å²) in [6.07, 6.45) is 3.19. The zero-order valence-electron chi connectivity index (χ0n) is 15.1. The molecule has 0 radical (unpaired) electrons. The van der Waals surface area contributed by atoms with Crippen LogP contribution in [0, 0.1) is 6.92 Å². The molecule has 6 nitrogen and oxygen atoms in total. The molecule has 0 saturated carbocycles.